The Hall–Kier alpha value is -1.35. The average molecular weight is 369 g/mol. The summed E-state index contributed by atoms with van der Waals surface area (Å²) in [7, 11) is 0. The highest BCUT2D eigenvalue weighted by Gasteiger charge is 2.26. The summed E-state index contributed by atoms with van der Waals surface area (Å²) in [5.74, 6) is 0. The van der Waals surface area contributed by atoms with E-state index in [-0.39, 0.29) is 0 Å². The van der Waals surface area contributed by atoms with E-state index in [1.54, 1.807) is 0 Å². The zero-order valence-electron chi connectivity index (χ0n) is 15.8. The fourth-order valence-electron chi connectivity index (χ4n) is 4.56. The van der Waals surface area contributed by atoms with E-state index in [4.69, 9.17) is 11.6 Å². The molecule has 26 heavy (non-hydrogen) atoms. The van der Waals surface area contributed by atoms with Gasteiger partial charge >= 0.3 is 0 Å². The van der Waals surface area contributed by atoms with Crippen molar-refractivity contribution in [2.45, 2.75) is 45.2 Å². The Morgan fingerprint density at radius 3 is 2.42 bits per heavy atom. The summed E-state index contributed by atoms with van der Waals surface area (Å²) in [6.45, 7) is 8.25. The SMILES string of the molecule is Cc1cc(Cl)cc(-c2cccc(CN3CCC(N4CCCC4)CC3)c2)c1. The molecule has 2 saturated heterocycles. The van der Waals surface area contributed by atoms with Gasteiger partial charge in [0.1, 0.15) is 0 Å². The molecule has 0 amide bonds. The number of hydrogen-bond donors (Lipinski definition) is 0. The van der Waals surface area contributed by atoms with Gasteiger partial charge in [0.2, 0.25) is 0 Å². The summed E-state index contributed by atoms with van der Waals surface area (Å²) in [6.07, 6.45) is 5.45. The van der Waals surface area contributed by atoms with Crippen molar-refractivity contribution < 1.29 is 0 Å². The molecule has 2 aromatic carbocycles. The quantitative estimate of drug-likeness (QED) is 0.715. The molecule has 2 aliphatic rings. The standard InChI is InChI=1S/C23H29ClN2/c1-18-13-21(16-22(24)14-18)20-6-4-5-19(15-20)17-25-11-7-23(8-12-25)26-9-2-3-10-26/h4-6,13-16,23H,2-3,7-12,17H2,1H3. The molecule has 2 aromatic rings. The van der Waals surface area contributed by atoms with Crippen LogP contribution in [0.2, 0.25) is 5.02 Å². The third-order valence-electron chi connectivity index (χ3n) is 5.92. The van der Waals surface area contributed by atoms with Crippen LogP contribution in [0.5, 0.6) is 0 Å². The highest BCUT2D eigenvalue weighted by molar-refractivity contribution is 6.30. The fraction of sp³-hybridized carbons (Fsp3) is 0.478. The number of aryl methyl sites for hydroxylation is 1. The van der Waals surface area contributed by atoms with Gasteiger partial charge in [0.15, 0.2) is 0 Å². The summed E-state index contributed by atoms with van der Waals surface area (Å²) >= 11 is 6.25. The van der Waals surface area contributed by atoms with Crippen molar-refractivity contribution in [2.24, 2.45) is 0 Å². The Morgan fingerprint density at radius 1 is 0.923 bits per heavy atom. The molecular formula is C23H29ClN2. The predicted octanol–water partition coefficient (Wildman–Crippen LogP) is 5.38. The summed E-state index contributed by atoms with van der Waals surface area (Å²) in [4.78, 5) is 5.34. The van der Waals surface area contributed by atoms with Gasteiger partial charge in [-0.1, -0.05) is 35.9 Å². The van der Waals surface area contributed by atoms with E-state index in [1.165, 1.54) is 74.1 Å². The van der Waals surface area contributed by atoms with Crippen LogP contribution < -0.4 is 0 Å². The van der Waals surface area contributed by atoms with Crippen LogP contribution in [0.25, 0.3) is 11.1 Å². The molecule has 4 rings (SSSR count). The number of likely N-dealkylation sites (tertiary alicyclic amines) is 2. The van der Waals surface area contributed by atoms with Crippen molar-refractivity contribution in [3.05, 3.63) is 58.6 Å². The van der Waals surface area contributed by atoms with E-state index >= 15 is 0 Å². The summed E-state index contributed by atoms with van der Waals surface area (Å²) < 4.78 is 0. The normalized spacial score (nSPS) is 19.9. The second-order valence-corrected chi connectivity index (χ2v) is 8.40. The van der Waals surface area contributed by atoms with E-state index < -0.39 is 0 Å². The van der Waals surface area contributed by atoms with Crippen molar-refractivity contribution in [1.82, 2.24) is 9.80 Å². The van der Waals surface area contributed by atoms with E-state index in [9.17, 15) is 0 Å². The molecule has 2 heterocycles. The molecule has 3 heteroatoms. The Bertz CT molecular complexity index is 723. The number of benzene rings is 2. The number of rotatable bonds is 4. The van der Waals surface area contributed by atoms with Crippen LogP contribution in [0.1, 0.15) is 36.8 Å². The smallest absolute Gasteiger partial charge is 0.0414 e. The van der Waals surface area contributed by atoms with Crippen LogP contribution in [0.4, 0.5) is 0 Å². The minimum Gasteiger partial charge on any atom is -0.300 e. The molecular weight excluding hydrogens is 340 g/mol. The van der Waals surface area contributed by atoms with Crippen molar-refractivity contribution in [1.29, 1.82) is 0 Å². The Labute approximate surface area is 162 Å². The Morgan fingerprint density at radius 2 is 1.69 bits per heavy atom. The van der Waals surface area contributed by atoms with Crippen LogP contribution in [0, 0.1) is 6.92 Å². The molecule has 0 aliphatic carbocycles. The molecule has 0 unspecified atom stereocenters. The number of nitrogens with zero attached hydrogens (tertiary/aromatic N) is 2. The third kappa shape index (κ3) is 4.31. The second-order valence-electron chi connectivity index (χ2n) is 7.97. The Balaban J connectivity index is 1.40. The maximum absolute atomic E-state index is 6.25. The zero-order chi connectivity index (χ0) is 17.9. The molecule has 0 radical (unpaired) electrons. The first kappa shape index (κ1) is 18.0. The topological polar surface area (TPSA) is 6.48 Å². The summed E-state index contributed by atoms with van der Waals surface area (Å²) in [5.41, 5.74) is 5.09. The molecule has 0 aromatic heterocycles. The van der Waals surface area contributed by atoms with Gasteiger partial charge in [-0.05, 0) is 99.2 Å². The molecule has 0 spiro atoms. The van der Waals surface area contributed by atoms with Crippen LogP contribution in [0.15, 0.2) is 42.5 Å². The molecule has 0 atom stereocenters. The molecule has 0 N–H and O–H groups in total. The maximum atomic E-state index is 6.25. The largest absolute Gasteiger partial charge is 0.300 e. The monoisotopic (exact) mass is 368 g/mol. The van der Waals surface area contributed by atoms with E-state index in [0.29, 0.717) is 0 Å². The summed E-state index contributed by atoms with van der Waals surface area (Å²) in [5, 5.41) is 0.814. The first-order chi connectivity index (χ1) is 12.7. The lowest BCUT2D eigenvalue weighted by Gasteiger charge is -2.36. The van der Waals surface area contributed by atoms with Crippen LogP contribution in [0.3, 0.4) is 0 Å². The fourth-order valence-corrected chi connectivity index (χ4v) is 4.85. The maximum Gasteiger partial charge on any atom is 0.0414 e. The van der Waals surface area contributed by atoms with Gasteiger partial charge in [-0.15, -0.1) is 0 Å². The van der Waals surface area contributed by atoms with Gasteiger partial charge in [0, 0.05) is 17.6 Å². The van der Waals surface area contributed by atoms with Gasteiger partial charge < -0.3 is 4.90 Å². The van der Waals surface area contributed by atoms with E-state index in [2.05, 4.69) is 53.1 Å². The van der Waals surface area contributed by atoms with Crippen molar-refractivity contribution in [2.75, 3.05) is 26.2 Å². The van der Waals surface area contributed by atoms with Gasteiger partial charge in [-0.25, -0.2) is 0 Å². The second kappa shape index (κ2) is 8.12. The van der Waals surface area contributed by atoms with Crippen LogP contribution in [-0.4, -0.2) is 42.0 Å². The van der Waals surface area contributed by atoms with E-state index in [0.717, 1.165) is 17.6 Å². The summed E-state index contributed by atoms with van der Waals surface area (Å²) in [6, 6.07) is 16.1. The number of piperidine rings is 1. The van der Waals surface area contributed by atoms with Crippen LogP contribution >= 0.6 is 11.6 Å². The zero-order valence-corrected chi connectivity index (χ0v) is 16.5. The highest BCUT2D eigenvalue weighted by Crippen LogP contribution is 2.27. The highest BCUT2D eigenvalue weighted by atomic mass is 35.5. The number of hydrogen-bond acceptors (Lipinski definition) is 2. The first-order valence-electron chi connectivity index (χ1n) is 10.0. The lowest BCUT2D eigenvalue weighted by Crippen LogP contribution is -2.43. The molecule has 0 saturated carbocycles. The minimum absolute atomic E-state index is 0.814. The van der Waals surface area contributed by atoms with Gasteiger partial charge in [0.05, 0.1) is 0 Å². The van der Waals surface area contributed by atoms with Crippen molar-refractivity contribution >= 4 is 11.6 Å². The molecule has 138 valence electrons. The van der Waals surface area contributed by atoms with Gasteiger partial charge in [0.25, 0.3) is 0 Å². The predicted molar refractivity (Wildman–Crippen MR) is 111 cm³/mol. The lowest BCUT2D eigenvalue weighted by molar-refractivity contribution is 0.122. The van der Waals surface area contributed by atoms with Gasteiger partial charge in [-0.2, -0.15) is 0 Å². The van der Waals surface area contributed by atoms with Crippen molar-refractivity contribution in [3.8, 4) is 11.1 Å². The number of halogens is 1. The molecule has 2 aliphatic heterocycles. The van der Waals surface area contributed by atoms with Crippen molar-refractivity contribution in [3.63, 3.8) is 0 Å². The molecule has 2 nitrogen and oxygen atoms in total. The third-order valence-corrected chi connectivity index (χ3v) is 6.14. The van der Waals surface area contributed by atoms with E-state index in [1.807, 2.05) is 6.07 Å². The van der Waals surface area contributed by atoms with Gasteiger partial charge in [-0.3, -0.25) is 4.90 Å². The average Bonchev–Trinajstić information content (AvgIpc) is 3.16. The molecule has 0 bridgehead atoms. The molecule has 2 fully saturated rings. The first-order valence-corrected chi connectivity index (χ1v) is 10.4. The lowest BCUT2D eigenvalue weighted by atomic mass is 10.00. The minimum atomic E-state index is 0.814. The van der Waals surface area contributed by atoms with Crippen LogP contribution in [-0.2, 0) is 6.54 Å². The Kier molecular flexibility index (Phi) is 5.63.